The quantitative estimate of drug-likeness (QED) is 0.504. The van der Waals surface area contributed by atoms with Gasteiger partial charge in [-0.3, -0.25) is 14.9 Å². The fraction of sp³-hybridized carbons (Fsp3) is 0.273. The van der Waals surface area contributed by atoms with Crippen molar-refractivity contribution in [1.82, 2.24) is 19.8 Å². The number of nitrogens with one attached hydrogen (secondary N) is 2. The molecule has 9 nitrogen and oxygen atoms in total. The predicted molar refractivity (Wildman–Crippen MR) is 128 cm³/mol. The molecule has 0 fully saturated rings. The van der Waals surface area contributed by atoms with E-state index in [2.05, 4.69) is 34.7 Å². The molecule has 2 aromatic carbocycles. The zero-order chi connectivity index (χ0) is 24.2. The molecule has 33 heavy (non-hydrogen) atoms. The molecule has 3 aromatic rings. The largest absolute Gasteiger partial charge is 0.343 e. The van der Waals surface area contributed by atoms with E-state index in [0.717, 1.165) is 9.87 Å². The van der Waals surface area contributed by atoms with Crippen LogP contribution in [0.15, 0.2) is 53.4 Å². The van der Waals surface area contributed by atoms with Gasteiger partial charge in [-0.1, -0.05) is 55.5 Å². The molecule has 174 valence electrons. The van der Waals surface area contributed by atoms with Gasteiger partial charge in [-0.25, -0.2) is 12.7 Å². The molecule has 0 unspecified atom stereocenters. The van der Waals surface area contributed by atoms with E-state index in [1.54, 1.807) is 0 Å². The van der Waals surface area contributed by atoms with Crippen molar-refractivity contribution in [3.8, 4) is 10.6 Å². The molecule has 1 heterocycles. The number of carbonyl (C=O) groups is 2. The van der Waals surface area contributed by atoms with Gasteiger partial charge in [-0.15, -0.1) is 10.2 Å². The van der Waals surface area contributed by atoms with Crippen molar-refractivity contribution in [3.05, 3.63) is 59.7 Å². The van der Waals surface area contributed by atoms with Crippen LogP contribution in [0.2, 0.25) is 0 Å². The average molecular weight is 488 g/mol. The number of rotatable bonds is 8. The van der Waals surface area contributed by atoms with E-state index >= 15 is 0 Å². The minimum Gasteiger partial charge on any atom is -0.343 e. The molecule has 0 spiro atoms. The summed E-state index contributed by atoms with van der Waals surface area (Å²) < 4.78 is 25.6. The first kappa shape index (κ1) is 24.5. The Morgan fingerprint density at radius 1 is 1.06 bits per heavy atom. The van der Waals surface area contributed by atoms with E-state index in [4.69, 9.17) is 0 Å². The SMILES string of the molecule is CC(C)c1ccc(-c2nnc(NC(=O)CNC(=O)c3cccc(S(=O)(=O)N(C)C)c3)s2)cc1. The van der Waals surface area contributed by atoms with Crippen LogP contribution in [-0.2, 0) is 14.8 Å². The van der Waals surface area contributed by atoms with E-state index in [1.165, 1.54) is 55.3 Å². The summed E-state index contributed by atoms with van der Waals surface area (Å²) in [6.45, 7) is 3.94. The highest BCUT2D eigenvalue weighted by atomic mass is 32.2. The number of hydrogen-bond acceptors (Lipinski definition) is 7. The van der Waals surface area contributed by atoms with Crippen LogP contribution in [0, 0.1) is 0 Å². The number of nitrogens with zero attached hydrogens (tertiary/aromatic N) is 3. The lowest BCUT2D eigenvalue weighted by Crippen LogP contribution is -2.33. The molecular weight excluding hydrogens is 462 g/mol. The van der Waals surface area contributed by atoms with Gasteiger partial charge in [-0.2, -0.15) is 0 Å². The molecule has 0 radical (unpaired) electrons. The van der Waals surface area contributed by atoms with Gasteiger partial charge in [0.1, 0.15) is 5.01 Å². The monoisotopic (exact) mass is 487 g/mol. The first-order valence-electron chi connectivity index (χ1n) is 10.1. The highest BCUT2D eigenvalue weighted by Crippen LogP contribution is 2.27. The van der Waals surface area contributed by atoms with Gasteiger partial charge in [0.15, 0.2) is 0 Å². The van der Waals surface area contributed by atoms with Gasteiger partial charge in [0.2, 0.25) is 21.1 Å². The highest BCUT2D eigenvalue weighted by molar-refractivity contribution is 7.89. The Balaban J connectivity index is 1.58. The van der Waals surface area contributed by atoms with Crippen LogP contribution in [0.4, 0.5) is 5.13 Å². The van der Waals surface area contributed by atoms with Crippen molar-refractivity contribution in [2.24, 2.45) is 0 Å². The van der Waals surface area contributed by atoms with Crippen LogP contribution in [0.5, 0.6) is 0 Å². The van der Waals surface area contributed by atoms with Gasteiger partial charge in [0.25, 0.3) is 5.91 Å². The van der Waals surface area contributed by atoms with E-state index in [9.17, 15) is 18.0 Å². The minimum absolute atomic E-state index is 0.00702. The van der Waals surface area contributed by atoms with Gasteiger partial charge in [0, 0.05) is 25.2 Å². The molecule has 2 N–H and O–H groups in total. The van der Waals surface area contributed by atoms with Crippen molar-refractivity contribution < 1.29 is 18.0 Å². The standard InChI is InChI=1S/C22H25N5O4S2/c1-14(2)15-8-10-16(11-9-15)21-25-26-22(32-21)24-19(28)13-23-20(29)17-6-5-7-18(12-17)33(30,31)27(3)4/h5-12,14H,13H2,1-4H3,(H,23,29)(H,24,26,28). The van der Waals surface area contributed by atoms with Gasteiger partial charge >= 0.3 is 0 Å². The molecule has 2 amide bonds. The van der Waals surface area contributed by atoms with Crippen LogP contribution < -0.4 is 10.6 Å². The maximum absolute atomic E-state index is 12.4. The highest BCUT2D eigenvalue weighted by Gasteiger charge is 2.19. The van der Waals surface area contributed by atoms with Gasteiger partial charge in [-0.05, 0) is 29.7 Å². The van der Waals surface area contributed by atoms with Crippen LogP contribution in [0.25, 0.3) is 10.6 Å². The summed E-state index contributed by atoms with van der Waals surface area (Å²) >= 11 is 1.23. The third-order valence-electron chi connectivity index (χ3n) is 4.78. The number of sulfonamides is 1. The number of anilines is 1. The molecule has 0 aliphatic carbocycles. The summed E-state index contributed by atoms with van der Waals surface area (Å²) in [5, 5.41) is 14.2. The minimum atomic E-state index is -3.67. The second-order valence-corrected chi connectivity index (χ2v) is 10.9. The second-order valence-electron chi connectivity index (χ2n) is 7.74. The maximum Gasteiger partial charge on any atom is 0.251 e. The second kappa shape index (κ2) is 10.2. The summed E-state index contributed by atoms with van der Waals surface area (Å²) in [5.41, 5.74) is 2.25. The topological polar surface area (TPSA) is 121 Å². The van der Waals surface area contributed by atoms with Crippen molar-refractivity contribution in [1.29, 1.82) is 0 Å². The van der Waals surface area contributed by atoms with Crippen molar-refractivity contribution in [2.75, 3.05) is 26.0 Å². The Kier molecular flexibility index (Phi) is 7.57. The average Bonchev–Trinajstić information content (AvgIpc) is 3.25. The molecule has 0 aliphatic rings. The van der Waals surface area contributed by atoms with Crippen LogP contribution in [0.1, 0.15) is 35.7 Å². The third-order valence-corrected chi connectivity index (χ3v) is 7.48. The lowest BCUT2D eigenvalue weighted by Gasteiger charge is -2.12. The zero-order valence-electron chi connectivity index (χ0n) is 18.7. The number of aromatic nitrogens is 2. The van der Waals surface area contributed by atoms with E-state index in [-0.39, 0.29) is 17.0 Å². The molecule has 0 saturated heterocycles. The number of hydrogen-bond donors (Lipinski definition) is 2. The first-order chi connectivity index (χ1) is 15.6. The predicted octanol–water partition coefficient (Wildman–Crippen LogP) is 2.95. The molecule has 0 saturated carbocycles. The Morgan fingerprint density at radius 2 is 1.76 bits per heavy atom. The van der Waals surface area contributed by atoms with E-state index in [0.29, 0.717) is 16.1 Å². The van der Waals surface area contributed by atoms with Crippen LogP contribution >= 0.6 is 11.3 Å². The fourth-order valence-electron chi connectivity index (χ4n) is 2.84. The van der Waals surface area contributed by atoms with Crippen LogP contribution in [0.3, 0.4) is 0 Å². The van der Waals surface area contributed by atoms with Gasteiger partial charge < -0.3 is 5.32 Å². The zero-order valence-corrected chi connectivity index (χ0v) is 20.3. The molecule has 1 aromatic heterocycles. The summed E-state index contributed by atoms with van der Waals surface area (Å²) in [6, 6.07) is 13.6. The van der Waals surface area contributed by atoms with Crippen LogP contribution in [-0.4, -0.2) is 55.4 Å². The normalized spacial score (nSPS) is 11.6. The van der Waals surface area contributed by atoms with Crippen molar-refractivity contribution in [2.45, 2.75) is 24.7 Å². The van der Waals surface area contributed by atoms with E-state index in [1.807, 2.05) is 24.3 Å². The third kappa shape index (κ3) is 6.01. The van der Waals surface area contributed by atoms with Crippen molar-refractivity contribution in [3.63, 3.8) is 0 Å². The molecule has 0 atom stereocenters. The Hall–Kier alpha value is -3.15. The molecule has 3 rings (SSSR count). The lowest BCUT2D eigenvalue weighted by molar-refractivity contribution is -0.115. The fourth-order valence-corrected chi connectivity index (χ4v) is 4.55. The number of carbonyl (C=O) groups excluding carboxylic acids is 2. The number of benzene rings is 2. The summed E-state index contributed by atoms with van der Waals surface area (Å²) in [6.07, 6.45) is 0. The lowest BCUT2D eigenvalue weighted by atomic mass is 10.0. The Morgan fingerprint density at radius 3 is 2.39 bits per heavy atom. The number of amides is 2. The summed E-state index contributed by atoms with van der Waals surface area (Å²) in [5.74, 6) is -0.610. The Labute approximate surface area is 196 Å². The maximum atomic E-state index is 12.4. The van der Waals surface area contributed by atoms with E-state index < -0.39 is 21.8 Å². The van der Waals surface area contributed by atoms with Gasteiger partial charge in [0.05, 0.1) is 11.4 Å². The van der Waals surface area contributed by atoms with Crippen molar-refractivity contribution >= 4 is 38.3 Å². The summed E-state index contributed by atoms with van der Waals surface area (Å²) in [4.78, 5) is 24.6. The molecular formula is C22H25N5O4S2. The molecule has 0 bridgehead atoms. The first-order valence-corrected chi connectivity index (χ1v) is 12.4. The molecule has 11 heteroatoms. The smallest absolute Gasteiger partial charge is 0.251 e. The molecule has 0 aliphatic heterocycles. The Bertz CT molecular complexity index is 1250. The summed E-state index contributed by atoms with van der Waals surface area (Å²) in [7, 11) is -0.855.